The molecule has 0 aliphatic carbocycles. The predicted molar refractivity (Wildman–Crippen MR) is 67.5 cm³/mol. The van der Waals surface area contributed by atoms with E-state index in [4.69, 9.17) is 0 Å². The van der Waals surface area contributed by atoms with E-state index in [0.29, 0.717) is 0 Å². The molecule has 0 amide bonds. The minimum Gasteiger partial charge on any atom is -0.389 e. The summed E-state index contributed by atoms with van der Waals surface area (Å²) < 4.78 is 0.965. The minimum atomic E-state index is -0.491. The first kappa shape index (κ1) is 11.7. The Bertz CT molecular complexity index is 471. The Hall–Kier alpha value is -0.780. The fourth-order valence-corrected chi connectivity index (χ4v) is 2.66. The molecule has 16 heavy (non-hydrogen) atoms. The van der Waals surface area contributed by atoms with Crippen molar-refractivity contribution >= 4 is 27.7 Å². The quantitative estimate of drug-likeness (QED) is 0.913. The zero-order valence-electron chi connectivity index (χ0n) is 8.64. The summed E-state index contributed by atoms with van der Waals surface area (Å²) in [6, 6.07) is 5.85. The molecule has 1 aromatic carbocycles. The van der Waals surface area contributed by atoms with Crippen molar-refractivity contribution in [2.45, 2.75) is 23.1 Å². The summed E-state index contributed by atoms with van der Waals surface area (Å²) in [6.45, 7) is 1.76. The van der Waals surface area contributed by atoms with Crippen LogP contribution in [0.25, 0.3) is 0 Å². The summed E-state index contributed by atoms with van der Waals surface area (Å²) in [5, 5.41) is 10.5. The minimum absolute atomic E-state index is 0.491. The van der Waals surface area contributed by atoms with Crippen molar-refractivity contribution in [3.63, 3.8) is 0 Å². The highest BCUT2D eigenvalue weighted by atomic mass is 79.9. The maximum Gasteiger partial charge on any atom is 0.170 e. The Morgan fingerprint density at radius 2 is 2.31 bits per heavy atom. The average Bonchev–Trinajstić information content (AvgIpc) is 2.73. The molecule has 1 atom stereocenters. The van der Waals surface area contributed by atoms with Crippen LogP contribution in [0.4, 0.5) is 0 Å². The number of halogens is 1. The average molecular weight is 299 g/mol. The van der Waals surface area contributed by atoms with Crippen molar-refractivity contribution in [2.75, 3.05) is 0 Å². The molecule has 0 saturated heterocycles. The smallest absolute Gasteiger partial charge is 0.170 e. The van der Waals surface area contributed by atoms with E-state index in [0.717, 1.165) is 20.1 Å². The standard InChI is InChI=1S/C11H11BrN2OS/c1-7(15)9-6-8(12)2-3-10(9)16-11-13-4-5-14-11/h2-7,15H,1H3,(H,13,14). The lowest BCUT2D eigenvalue weighted by Gasteiger charge is -2.10. The van der Waals surface area contributed by atoms with Gasteiger partial charge < -0.3 is 10.1 Å². The van der Waals surface area contributed by atoms with E-state index in [9.17, 15) is 5.11 Å². The van der Waals surface area contributed by atoms with Gasteiger partial charge in [-0.05, 0) is 30.7 Å². The Balaban J connectivity index is 2.33. The maximum atomic E-state index is 9.69. The highest BCUT2D eigenvalue weighted by molar-refractivity contribution is 9.10. The van der Waals surface area contributed by atoms with Gasteiger partial charge in [0.25, 0.3) is 0 Å². The van der Waals surface area contributed by atoms with Crippen molar-refractivity contribution < 1.29 is 5.11 Å². The topological polar surface area (TPSA) is 48.9 Å². The molecule has 1 heterocycles. The Morgan fingerprint density at radius 1 is 1.50 bits per heavy atom. The molecule has 2 aromatic rings. The van der Waals surface area contributed by atoms with Crippen LogP contribution in [0.15, 0.2) is 45.1 Å². The summed E-state index contributed by atoms with van der Waals surface area (Å²) in [7, 11) is 0. The van der Waals surface area contributed by atoms with Crippen molar-refractivity contribution in [1.82, 2.24) is 9.97 Å². The van der Waals surface area contributed by atoms with Crippen molar-refractivity contribution in [3.05, 3.63) is 40.6 Å². The monoisotopic (exact) mass is 298 g/mol. The number of hydrogen-bond donors (Lipinski definition) is 2. The number of nitrogens with one attached hydrogen (secondary N) is 1. The number of hydrogen-bond acceptors (Lipinski definition) is 3. The molecule has 0 aliphatic heterocycles. The van der Waals surface area contributed by atoms with Crippen LogP contribution in [0, 0.1) is 0 Å². The van der Waals surface area contributed by atoms with Crippen molar-refractivity contribution in [3.8, 4) is 0 Å². The van der Waals surface area contributed by atoms with Gasteiger partial charge in [-0.2, -0.15) is 0 Å². The molecule has 0 aliphatic rings. The molecule has 1 aromatic heterocycles. The molecule has 0 spiro atoms. The van der Waals surface area contributed by atoms with E-state index >= 15 is 0 Å². The van der Waals surface area contributed by atoms with E-state index in [2.05, 4.69) is 25.9 Å². The van der Waals surface area contributed by atoms with Gasteiger partial charge in [0.05, 0.1) is 6.10 Å². The number of aromatic nitrogens is 2. The molecular formula is C11H11BrN2OS. The van der Waals surface area contributed by atoms with Crippen LogP contribution in [-0.2, 0) is 0 Å². The second kappa shape index (κ2) is 5.03. The molecule has 3 nitrogen and oxygen atoms in total. The lowest BCUT2D eigenvalue weighted by atomic mass is 10.1. The van der Waals surface area contributed by atoms with Gasteiger partial charge in [-0.25, -0.2) is 4.98 Å². The fraction of sp³-hybridized carbons (Fsp3) is 0.182. The van der Waals surface area contributed by atoms with E-state index in [1.807, 2.05) is 18.2 Å². The van der Waals surface area contributed by atoms with Crippen LogP contribution in [-0.4, -0.2) is 15.1 Å². The summed E-state index contributed by atoms with van der Waals surface area (Å²) in [6.07, 6.45) is 3.00. The zero-order valence-corrected chi connectivity index (χ0v) is 11.0. The van der Waals surface area contributed by atoms with Crippen LogP contribution in [0.5, 0.6) is 0 Å². The molecule has 0 bridgehead atoms. The van der Waals surface area contributed by atoms with Gasteiger partial charge in [0.2, 0.25) is 0 Å². The molecular weight excluding hydrogens is 288 g/mol. The molecule has 0 fully saturated rings. The van der Waals surface area contributed by atoms with E-state index in [-0.39, 0.29) is 0 Å². The number of imidazole rings is 1. The maximum absolute atomic E-state index is 9.69. The molecule has 1 unspecified atom stereocenters. The summed E-state index contributed by atoms with van der Waals surface area (Å²) in [5.41, 5.74) is 0.899. The largest absolute Gasteiger partial charge is 0.389 e. The van der Waals surface area contributed by atoms with Gasteiger partial charge >= 0.3 is 0 Å². The first-order chi connectivity index (χ1) is 7.66. The van der Waals surface area contributed by atoms with Crippen LogP contribution >= 0.6 is 27.7 Å². The third-order valence-corrected chi connectivity index (χ3v) is 3.60. The summed E-state index contributed by atoms with van der Waals surface area (Å²) in [4.78, 5) is 8.18. The normalized spacial score (nSPS) is 12.7. The second-order valence-corrected chi connectivity index (χ2v) is 5.30. The molecule has 0 radical (unpaired) electrons. The molecule has 84 valence electrons. The van der Waals surface area contributed by atoms with Gasteiger partial charge in [-0.15, -0.1) is 0 Å². The van der Waals surface area contributed by atoms with Gasteiger partial charge in [0.1, 0.15) is 0 Å². The Labute approximate surface area is 106 Å². The van der Waals surface area contributed by atoms with E-state index in [1.165, 1.54) is 11.8 Å². The van der Waals surface area contributed by atoms with Crippen molar-refractivity contribution in [2.24, 2.45) is 0 Å². The highest BCUT2D eigenvalue weighted by Crippen LogP contribution is 2.33. The van der Waals surface area contributed by atoms with Crippen molar-refractivity contribution in [1.29, 1.82) is 0 Å². The third-order valence-electron chi connectivity index (χ3n) is 2.10. The number of benzene rings is 1. The van der Waals surface area contributed by atoms with Gasteiger partial charge in [0, 0.05) is 21.8 Å². The van der Waals surface area contributed by atoms with Crippen LogP contribution in [0.3, 0.4) is 0 Å². The molecule has 2 rings (SSSR count). The first-order valence-corrected chi connectivity index (χ1v) is 6.42. The molecule has 2 N–H and O–H groups in total. The van der Waals surface area contributed by atoms with E-state index in [1.54, 1.807) is 19.3 Å². The van der Waals surface area contributed by atoms with Crippen LogP contribution in [0.2, 0.25) is 0 Å². The lowest BCUT2D eigenvalue weighted by Crippen LogP contribution is -1.94. The van der Waals surface area contributed by atoms with Crippen LogP contribution in [0.1, 0.15) is 18.6 Å². The fourth-order valence-electron chi connectivity index (χ4n) is 1.35. The lowest BCUT2D eigenvalue weighted by molar-refractivity contribution is 0.196. The van der Waals surface area contributed by atoms with E-state index < -0.39 is 6.10 Å². The third kappa shape index (κ3) is 2.66. The number of H-pyrrole nitrogens is 1. The molecule has 0 saturated carbocycles. The summed E-state index contributed by atoms with van der Waals surface area (Å²) >= 11 is 4.91. The van der Waals surface area contributed by atoms with Gasteiger partial charge in [-0.3, -0.25) is 0 Å². The summed E-state index contributed by atoms with van der Waals surface area (Å²) in [5.74, 6) is 0. The predicted octanol–water partition coefficient (Wildman–Crippen LogP) is 3.38. The molecule has 5 heteroatoms. The SMILES string of the molecule is CC(O)c1cc(Br)ccc1Sc1ncc[nH]1. The number of nitrogens with zero attached hydrogens (tertiary/aromatic N) is 1. The first-order valence-electron chi connectivity index (χ1n) is 4.81. The van der Waals surface area contributed by atoms with Gasteiger partial charge in [-0.1, -0.05) is 27.7 Å². The van der Waals surface area contributed by atoms with Gasteiger partial charge in [0.15, 0.2) is 5.16 Å². The Morgan fingerprint density at radius 3 is 2.94 bits per heavy atom. The van der Waals surface area contributed by atoms with Crippen LogP contribution < -0.4 is 0 Å². The zero-order chi connectivity index (χ0) is 11.5. The number of rotatable bonds is 3. The number of aromatic amines is 1. The number of aliphatic hydroxyl groups is 1. The second-order valence-electron chi connectivity index (χ2n) is 3.35. The Kier molecular flexibility index (Phi) is 3.68. The number of aliphatic hydroxyl groups excluding tert-OH is 1. The highest BCUT2D eigenvalue weighted by Gasteiger charge is 2.10.